The fourth-order valence-corrected chi connectivity index (χ4v) is 3.08. The molecule has 18 heavy (non-hydrogen) atoms. The molecular formula is C16H26N2. The van der Waals surface area contributed by atoms with Crippen molar-refractivity contribution in [2.24, 2.45) is 11.1 Å². The first-order chi connectivity index (χ1) is 8.67. The van der Waals surface area contributed by atoms with Crippen molar-refractivity contribution in [2.75, 3.05) is 19.6 Å². The first-order valence-corrected chi connectivity index (χ1v) is 7.16. The van der Waals surface area contributed by atoms with Gasteiger partial charge in [0.1, 0.15) is 0 Å². The van der Waals surface area contributed by atoms with Gasteiger partial charge >= 0.3 is 0 Å². The maximum absolute atomic E-state index is 5.98. The molecule has 0 amide bonds. The summed E-state index contributed by atoms with van der Waals surface area (Å²) < 4.78 is 0. The fourth-order valence-electron chi connectivity index (χ4n) is 3.08. The minimum Gasteiger partial charge on any atom is -0.330 e. The summed E-state index contributed by atoms with van der Waals surface area (Å²) in [6.07, 6.45) is 3.63. The lowest BCUT2D eigenvalue weighted by molar-refractivity contribution is 0.146. The first kappa shape index (κ1) is 13.6. The maximum Gasteiger partial charge on any atom is 0.0236 e. The molecule has 0 saturated heterocycles. The molecule has 1 aliphatic heterocycles. The van der Waals surface area contributed by atoms with Gasteiger partial charge in [-0.1, -0.05) is 44.5 Å². The normalized spacial score (nSPS) is 19.3. The van der Waals surface area contributed by atoms with E-state index in [0.717, 1.165) is 19.6 Å². The van der Waals surface area contributed by atoms with E-state index in [1.807, 2.05) is 0 Å². The van der Waals surface area contributed by atoms with E-state index in [0.29, 0.717) is 0 Å². The summed E-state index contributed by atoms with van der Waals surface area (Å²) in [6.45, 7) is 8.77. The predicted molar refractivity (Wildman–Crippen MR) is 77.5 cm³/mol. The average Bonchev–Trinajstić information content (AvgIpc) is 2.39. The van der Waals surface area contributed by atoms with Crippen LogP contribution in [-0.2, 0) is 13.0 Å². The van der Waals surface area contributed by atoms with Gasteiger partial charge in [0, 0.05) is 19.6 Å². The standard InChI is InChI=1S/C16H26N2/c1-3-9-16(2,12-17)13-18-10-8-14-6-4-5-7-15(14)11-18/h4-7H,3,8-13,17H2,1-2H3. The van der Waals surface area contributed by atoms with Crippen LogP contribution in [0.1, 0.15) is 37.8 Å². The third-order valence-corrected chi connectivity index (χ3v) is 4.16. The molecule has 1 unspecified atom stereocenters. The predicted octanol–water partition coefficient (Wildman–Crippen LogP) is 2.81. The Bertz CT molecular complexity index is 388. The van der Waals surface area contributed by atoms with E-state index >= 15 is 0 Å². The smallest absolute Gasteiger partial charge is 0.0236 e. The number of nitrogens with zero attached hydrogens (tertiary/aromatic N) is 1. The Hall–Kier alpha value is -0.860. The van der Waals surface area contributed by atoms with E-state index in [1.165, 1.54) is 36.9 Å². The number of rotatable bonds is 5. The highest BCUT2D eigenvalue weighted by Crippen LogP contribution is 2.26. The van der Waals surface area contributed by atoms with Gasteiger partial charge in [-0.25, -0.2) is 0 Å². The molecule has 2 heteroatoms. The molecule has 100 valence electrons. The second kappa shape index (κ2) is 5.85. The van der Waals surface area contributed by atoms with Gasteiger partial charge in [-0.05, 0) is 35.9 Å². The van der Waals surface area contributed by atoms with Crippen molar-refractivity contribution < 1.29 is 0 Å². The quantitative estimate of drug-likeness (QED) is 0.865. The summed E-state index contributed by atoms with van der Waals surface area (Å²) in [6, 6.07) is 8.83. The summed E-state index contributed by atoms with van der Waals surface area (Å²) in [7, 11) is 0. The van der Waals surface area contributed by atoms with E-state index in [1.54, 1.807) is 0 Å². The molecule has 0 saturated carbocycles. The van der Waals surface area contributed by atoms with E-state index in [9.17, 15) is 0 Å². The largest absolute Gasteiger partial charge is 0.330 e. The minimum absolute atomic E-state index is 0.279. The van der Waals surface area contributed by atoms with Gasteiger partial charge < -0.3 is 5.73 Å². The summed E-state index contributed by atoms with van der Waals surface area (Å²) >= 11 is 0. The van der Waals surface area contributed by atoms with Crippen LogP contribution in [0.4, 0.5) is 0 Å². The number of hydrogen-bond donors (Lipinski definition) is 1. The van der Waals surface area contributed by atoms with E-state index in [4.69, 9.17) is 5.73 Å². The molecule has 0 radical (unpaired) electrons. The van der Waals surface area contributed by atoms with Crippen molar-refractivity contribution in [1.82, 2.24) is 4.90 Å². The van der Waals surface area contributed by atoms with Gasteiger partial charge in [-0.15, -0.1) is 0 Å². The second-order valence-electron chi connectivity index (χ2n) is 5.99. The molecule has 0 spiro atoms. The zero-order chi connectivity index (χ0) is 13.0. The van der Waals surface area contributed by atoms with Crippen LogP contribution < -0.4 is 5.73 Å². The molecule has 2 nitrogen and oxygen atoms in total. The Morgan fingerprint density at radius 1 is 1.28 bits per heavy atom. The number of hydrogen-bond acceptors (Lipinski definition) is 2. The zero-order valence-corrected chi connectivity index (χ0v) is 11.8. The molecule has 1 aliphatic rings. The van der Waals surface area contributed by atoms with Gasteiger partial charge in [0.05, 0.1) is 0 Å². The Kier molecular flexibility index (Phi) is 4.41. The number of benzene rings is 1. The van der Waals surface area contributed by atoms with Crippen molar-refractivity contribution in [1.29, 1.82) is 0 Å². The lowest BCUT2D eigenvalue weighted by Gasteiger charge is -2.37. The molecule has 1 aromatic rings. The third kappa shape index (κ3) is 3.12. The molecule has 2 rings (SSSR count). The van der Waals surface area contributed by atoms with Crippen LogP contribution in [0.5, 0.6) is 0 Å². The highest BCUT2D eigenvalue weighted by atomic mass is 15.1. The minimum atomic E-state index is 0.279. The van der Waals surface area contributed by atoms with E-state index in [2.05, 4.69) is 43.0 Å². The van der Waals surface area contributed by atoms with Crippen molar-refractivity contribution >= 4 is 0 Å². The SMILES string of the molecule is CCCC(C)(CN)CN1CCc2ccccc2C1. The lowest BCUT2D eigenvalue weighted by Crippen LogP contribution is -2.42. The average molecular weight is 246 g/mol. The van der Waals surface area contributed by atoms with Crippen LogP contribution in [0.3, 0.4) is 0 Å². The molecular weight excluding hydrogens is 220 g/mol. The summed E-state index contributed by atoms with van der Waals surface area (Å²) in [4.78, 5) is 2.57. The van der Waals surface area contributed by atoms with E-state index in [-0.39, 0.29) is 5.41 Å². The Balaban J connectivity index is 2.01. The second-order valence-corrected chi connectivity index (χ2v) is 5.99. The van der Waals surface area contributed by atoms with Gasteiger partial charge in [0.15, 0.2) is 0 Å². The number of fused-ring (bicyclic) bond motifs is 1. The topological polar surface area (TPSA) is 29.3 Å². The zero-order valence-electron chi connectivity index (χ0n) is 11.8. The van der Waals surface area contributed by atoms with Crippen molar-refractivity contribution in [3.05, 3.63) is 35.4 Å². The van der Waals surface area contributed by atoms with Crippen LogP contribution in [0, 0.1) is 5.41 Å². The molecule has 1 aromatic carbocycles. The van der Waals surface area contributed by atoms with Gasteiger partial charge in [0.2, 0.25) is 0 Å². The fraction of sp³-hybridized carbons (Fsp3) is 0.625. The maximum atomic E-state index is 5.98. The molecule has 0 bridgehead atoms. The summed E-state index contributed by atoms with van der Waals surface area (Å²) in [5.74, 6) is 0. The van der Waals surface area contributed by atoms with Crippen LogP contribution in [0.25, 0.3) is 0 Å². The number of nitrogens with two attached hydrogens (primary N) is 1. The Labute approximate surface area is 111 Å². The Morgan fingerprint density at radius 2 is 2.00 bits per heavy atom. The Morgan fingerprint density at radius 3 is 2.67 bits per heavy atom. The lowest BCUT2D eigenvalue weighted by atomic mass is 9.84. The summed E-state index contributed by atoms with van der Waals surface area (Å²) in [5.41, 5.74) is 9.28. The van der Waals surface area contributed by atoms with Crippen molar-refractivity contribution in [3.8, 4) is 0 Å². The molecule has 2 N–H and O–H groups in total. The van der Waals surface area contributed by atoms with Crippen LogP contribution in [0.2, 0.25) is 0 Å². The van der Waals surface area contributed by atoms with Gasteiger partial charge in [-0.2, -0.15) is 0 Å². The summed E-state index contributed by atoms with van der Waals surface area (Å²) in [5, 5.41) is 0. The highest BCUT2D eigenvalue weighted by Gasteiger charge is 2.26. The first-order valence-electron chi connectivity index (χ1n) is 7.16. The molecule has 0 aliphatic carbocycles. The van der Waals surface area contributed by atoms with E-state index < -0.39 is 0 Å². The van der Waals surface area contributed by atoms with Crippen molar-refractivity contribution in [3.63, 3.8) is 0 Å². The van der Waals surface area contributed by atoms with Crippen LogP contribution in [-0.4, -0.2) is 24.5 Å². The molecule has 1 heterocycles. The van der Waals surface area contributed by atoms with Gasteiger partial charge in [-0.3, -0.25) is 4.90 Å². The third-order valence-electron chi connectivity index (χ3n) is 4.16. The monoisotopic (exact) mass is 246 g/mol. The van der Waals surface area contributed by atoms with Gasteiger partial charge in [0.25, 0.3) is 0 Å². The van der Waals surface area contributed by atoms with Crippen molar-refractivity contribution in [2.45, 2.75) is 39.7 Å². The van der Waals surface area contributed by atoms with Crippen LogP contribution >= 0.6 is 0 Å². The highest BCUT2D eigenvalue weighted by molar-refractivity contribution is 5.29. The molecule has 0 aromatic heterocycles. The molecule has 1 atom stereocenters. The molecule has 0 fully saturated rings. The van der Waals surface area contributed by atoms with Crippen LogP contribution in [0.15, 0.2) is 24.3 Å².